The summed E-state index contributed by atoms with van der Waals surface area (Å²) >= 11 is 6.06. The first-order chi connectivity index (χ1) is 16.6. The smallest absolute Gasteiger partial charge is 0.308 e. The fraction of sp³-hybridized carbons (Fsp3) is 0.308. The summed E-state index contributed by atoms with van der Waals surface area (Å²) in [6, 6.07) is 13.3. The minimum absolute atomic E-state index is 0.0125. The number of benzene rings is 1. The van der Waals surface area contributed by atoms with E-state index in [1.807, 2.05) is 49.4 Å². The average Bonchev–Trinajstić information content (AvgIpc) is 3.28. The van der Waals surface area contributed by atoms with Gasteiger partial charge in [-0.3, -0.25) is 9.78 Å². The highest BCUT2D eigenvalue weighted by Crippen LogP contribution is 2.29. The van der Waals surface area contributed by atoms with Crippen LogP contribution >= 0.6 is 11.6 Å². The fourth-order valence-electron chi connectivity index (χ4n) is 4.27. The lowest BCUT2D eigenvalue weighted by atomic mass is 9.87. The summed E-state index contributed by atoms with van der Waals surface area (Å²) in [5.41, 5.74) is 4.36. The van der Waals surface area contributed by atoms with Crippen LogP contribution < -0.4 is 4.74 Å². The van der Waals surface area contributed by atoms with E-state index in [0.29, 0.717) is 17.5 Å². The van der Waals surface area contributed by atoms with E-state index in [-0.39, 0.29) is 18.0 Å². The third-order valence-electron chi connectivity index (χ3n) is 6.09. The predicted octanol–water partition coefficient (Wildman–Crippen LogP) is 5.84. The van der Waals surface area contributed by atoms with Gasteiger partial charge in [-0.2, -0.15) is 0 Å². The molecule has 0 radical (unpaired) electrons. The Morgan fingerprint density at radius 1 is 1.03 bits per heavy atom. The van der Waals surface area contributed by atoms with E-state index < -0.39 is 0 Å². The highest BCUT2D eigenvalue weighted by molar-refractivity contribution is 6.31. The Bertz CT molecular complexity index is 1280. The van der Waals surface area contributed by atoms with Crippen LogP contribution in [-0.4, -0.2) is 38.6 Å². The van der Waals surface area contributed by atoms with Crippen molar-refractivity contribution in [2.45, 2.75) is 38.7 Å². The molecule has 8 heteroatoms. The Hall–Kier alpha value is -3.45. The lowest BCUT2D eigenvalue weighted by Crippen LogP contribution is -2.29. The minimum atomic E-state index is -0.0911. The van der Waals surface area contributed by atoms with Gasteiger partial charge in [-0.25, -0.2) is 9.97 Å². The minimum Gasteiger partial charge on any atom is -0.474 e. The third-order valence-corrected chi connectivity index (χ3v) is 6.33. The maximum absolute atomic E-state index is 11.9. The summed E-state index contributed by atoms with van der Waals surface area (Å²) in [5.74, 6) is 1.23. The molecular formula is C26H25ClN4O3. The van der Waals surface area contributed by atoms with Crippen LogP contribution in [0, 0.1) is 5.92 Å². The molecule has 1 aromatic carbocycles. The average molecular weight is 477 g/mol. The van der Waals surface area contributed by atoms with Crippen molar-refractivity contribution in [2.24, 2.45) is 5.92 Å². The van der Waals surface area contributed by atoms with Crippen molar-refractivity contribution in [1.29, 1.82) is 0 Å². The molecule has 0 bridgehead atoms. The fourth-order valence-corrected chi connectivity index (χ4v) is 4.44. The Labute approximate surface area is 202 Å². The van der Waals surface area contributed by atoms with E-state index in [0.717, 1.165) is 59.4 Å². The number of nitrogens with one attached hydrogen (secondary N) is 1. The molecule has 7 nitrogen and oxygen atoms in total. The Balaban J connectivity index is 1.21. The van der Waals surface area contributed by atoms with Gasteiger partial charge in [-0.1, -0.05) is 11.6 Å². The SMILES string of the molecule is CCOC(=O)C1CCC(Oc2ccc(-c3ccc(-c4nc5ccc(Cl)cc5[nH]4)cn3)cn2)CC1. The number of hydrogen-bond acceptors (Lipinski definition) is 6. The monoisotopic (exact) mass is 476 g/mol. The zero-order valence-corrected chi connectivity index (χ0v) is 19.6. The molecule has 0 spiro atoms. The van der Waals surface area contributed by atoms with E-state index in [1.54, 1.807) is 12.4 Å². The van der Waals surface area contributed by atoms with Crippen LogP contribution in [0.4, 0.5) is 0 Å². The van der Waals surface area contributed by atoms with Crippen LogP contribution in [0.25, 0.3) is 33.7 Å². The van der Waals surface area contributed by atoms with Crippen LogP contribution in [0.2, 0.25) is 5.02 Å². The van der Waals surface area contributed by atoms with Gasteiger partial charge in [-0.05, 0) is 69.0 Å². The molecule has 5 rings (SSSR count). The number of hydrogen-bond donors (Lipinski definition) is 1. The van der Waals surface area contributed by atoms with Gasteiger partial charge in [-0.15, -0.1) is 0 Å². The summed E-state index contributed by atoms with van der Waals surface area (Å²) in [6.07, 6.45) is 6.85. The zero-order chi connectivity index (χ0) is 23.5. The summed E-state index contributed by atoms with van der Waals surface area (Å²) < 4.78 is 11.2. The molecule has 0 amide bonds. The maximum atomic E-state index is 11.9. The van der Waals surface area contributed by atoms with Crippen LogP contribution in [0.15, 0.2) is 54.9 Å². The molecule has 1 aliphatic rings. The molecule has 0 saturated heterocycles. The number of ether oxygens (including phenoxy) is 2. The van der Waals surface area contributed by atoms with Gasteiger partial charge in [0.2, 0.25) is 5.88 Å². The number of H-pyrrole nitrogens is 1. The van der Waals surface area contributed by atoms with Crippen LogP contribution in [0.1, 0.15) is 32.6 Å². The number of aromatic nitrogens is 4. The first-order valence-electron chi connectivity index (χ1n) is 11.5. The number of rotatable bonds is 6. The van der Waals surface area contributed by atoms with Crippen molar-refractivity contribution in [3.05, 3.63) is 59.9 Å². The van der Waals surface area contributed by atoms with Crippen LogP contribution in [0.3, 0.4) is 0 Å². The summed E-state index contributed by atoms with van der Waals surface area (Å²) in [4.78, 5) is 28.8. The summed E-state index contributed by atoms with van der Waals surface area (Å²) in [7, 11) is 0. The summed E-state index contributed by atoms with van der Waals surface area (Å²) in [5, 5.41) is 0.667. The normalized spacial score (nSPS) is 18.1. The second-order valence-corrected chi connectivity index (χ2v) is 8.84. The first-order valence-corrected chi connectivity index (χ1v) is 11.9. The van der Waals surface area contributed by atoms with Crippen molar-refractivity contribution in [1.82, 2.24) is 19.9 Å². The van der Waals surface area contributed by atoms with Gasteiger partial charge < -0.3 is 14.5 Å². The molecule has 174 valence electrons. The molecule has 1 fully saturated rings. The van der Waals surface area contributed by atoms with Gasteiger partial charge >= 0.3 is 5.97 Å². The second-order valence-electron chi connectivity index (χ2n) is 8.41. The molecule has 0 aliphatic heterocycles. The number of aromatic amines is 1. The van der Waals surface area contributed by atoms with E-state index in [2.05, 4.69) is 19.9 Å². The van der Waals surface area contributed by atoms with Gasteiger partial charge in [0.25, 0.3) is 0 Å². The van der Waals surface area contributed by atoms with Gasteiger partial charge in [0, 0.05) is 34.6 Å². The molecule has 1 saturated carbocycles. The highest BCUT2D eigenvalue weighted by Gasteiger charge is 2.28. The van der Waals surface area contributed by atoms with Crippen molar-refractivity contribution < 1.29 is 14.3 Å². The number of halogens is 1. The van der Waals surface area contributed by atoms with Crippen molar-refractivity contribution in [2.75, 3.05) is 6.61 Å². The van der Waals surface area contributed by atoms with E-state index in [4.69, 9.17) is 21.1 Å². The lowest BCUT2D eigenvalue weighted by Gasteiger charge is -2.27. The number of fused-ring (bicyclic) bond motifs is 1. The first kappa shape index (κ1) is 22.3. The van der Waals surface area contributed by atoms with Crippen molar-refractivity contribution in [3.8, 4) is 28.5 Å². The van der Waals surface area contributed by atoms with E-state index in [9.17, 15) is 4.79 Å². The number of carbonyl (C=O) groups is 1. The van der Waals surface area contributed by atoms with E-state index in [1.165, 1.54) is 0 Å². The number of pyridine rings is 2. The second kappa shape index (κ2) is 9.81. The molecule has 0 unspecified atom stereocenters. The third kappa shape index (κ3) is 4.89. The molecule has 0 atom stereocenters. The van der Waals surface area contributed by atoms with Crippen molar-refractivity contribution in [3.63, 3.8) is 0 Å². The lowest BCUT2D eigenvalue weighted by molar-refractivity contribution is -0.149. The molecule has 3 heterocycles. The van der Waals surface area contributed by atoms with Gasteiger partial charge in [0.1, 0.15) is 11.9 Å². The molecule has 3 aromatic heterocycles. The molecule has 4 aromatic rings. The van der Waals surface area contributed by atoms with Crippen LogP contribution in [-0.2, 0) is 9.53 Å². The number of carbonyl (C=O) groups excluding carboxylic acids is 1. The number of esters is 1. The zero-order valence-electron chi connectivity index (χ0n) is 18.8. The van der Waals surface area contributed by atoms with Gasteiger partial charge in [0.05, 0.1) is 29.3 Å². The Kier molecular flexibility index (Phi) is 6.45. The van der Waals surface area contributed by atoms with Gasteiger partial charge in [0.15, 0.2) is 0 Å². The number of nitrogens with zero attached hydrogens (tertiary/aromatic N) is 3. The maximum Gasteiger partial charge on any atom is 0.308 e. The Morgan fingerprint density at radius 2 is 1.82 bits per heavy atom. The summed E-state index contributed by atoms with van der Waals surface area (Å²) in [6.45, 7) is 2.27. The predicted molar refractivity (Wildman–Crippen MR) is 131 cm³/mol. The molecular weight excluding hydrogens is 452 g/mol. The molecule has 1 N–H and O–H groups in total. The van der Waals surface area contributed by atoms with E-state index >= 15 is 0 Å². The number of imidazole rings is 1. The van der Waals surface area contributed by atoms with Crippen molar-refractivity contribution >= 4 is 28.6 Å². The standard InChI is InChI=1S/C26H25ClN4O3/c1-2-33-26(32)16-3-8-20(9-4-16)34-24-12-6-17(14-29-24)21-10-5-18(15-28-21)25-30-22-11-7-19(27)13-23(22)31-25/h5-7,10-16,20H,2-4,8-9H2,1H3,(H,30,31). The van der Waals surface area contributed by atoms with Crippen LogP contribution in [0.5, 0.6) is 5.88 Å². The quantitative estimate of drug-likeness (QED) is 0.351. The largest absolute Gasteiger partial charge is 0.474 e. The molecule has 1 aliphatic carbocycles. The highest BCUT2D eigenvalue weighted by atomic mass is 35.5. The Morgan fingerprint density at radius 3 is 2.53 bits per heavy atom. The topological polar surface area (TPSA) is 90.0 Å². The molecule has 34 heavy (non-hydrogen) atoms.